The predicted octanol–water partition coefficient (Wildman–Crippen LogP) is 5.41. The first-order valence-corrected chi connectivity index (χ1v) is 12.5. The molecule has 4 rings (SSSR count). The van der Waals surface area contributed by atoms with Crippen LogP contribution in [-0.4, -0.2) is 59.9 Å². The Balaban J connectivity index is 0.00000380. The molecule has 0 radical (unpaired) electrons. The minimum absolute atomic E-state index is 0. The molecule has 0 fully saturated rings. The van der Waals surface area contributed by atoms with Gasteiger partial charge in [0.25, 0.3) is 10.1 Å². The molecule has 0 bridgehead atoms. The Morgan fingerprint density at radius 2 is 1.76 bits per heavy atom. The van der Waals surface area contributed by atoms with Gasteiger partial charge in [0.05, 0.1) is 29.2 Å². The molecule has 37 heavy (non-hydrogen) atoms. The zero-order valence-electron chi connectivity index (χ0n) is 19.8. The third kappa shape index (κ3) is 6.23. The first kappa shape index (κ1) is 28.4. The molecule has 0 spiro atoms. The number of aryl methyl sites for hydroxylation is 1. The van der Waals surface area contributed by atoms with Crippen molar-refractivity contribution >= 4 is 73.8 Å². The molecule has 0 aliphatic rings. The van der Waals surface area contributed by atoms with Crippen molar-refractivity contribution in [2.45, 2.75) is 31.8 Å². The molecule has 0 unspecified atom stereocenters. The molecule has 1 heterocycles. The van der Waals surface area contributed by atoms with Crippen molar-refractivity contribution in [1.29, 1.82) is 0 Å². The number of hydrogen-bond donors (Lipinski definition) is 2. The summed E-state index contributed by atoms with van der Waals surface area (Å²) in [6, 6.07) is 14.8. The number of fused-ring (bicyclic) bond motifs is 1. The van der Waals surface area contributed by atoms with Gasteiger partial charge in [0, 0.05) is 16.3 Å². The van der Waals surface area contributed by atoms with Gasteiger partial charge in [-0.2, -0.15) is 8.42 Å². The Morgan fingerprint density at radius 3 is 2.35 bits per heavy atom. The molecular weight excluding hydrogens is 503 g/mol. The number of hydrogen-bond acceptors (Lipinski definition) is 8. The number of carbonyl (C=O) groups is 1. The topological polar surface area (TPSA) is 144 Å². The van der Waals surface area contributed by atoms with Gasteiger partial charge in [0.2, 0.25) is 0 Å². The fraction of sp³-hybridized carbons (Fsp3) is 0.154. The number of ether oxygens (including phenoxy) is 1. The van der Waals surface area contributed by atoms with Gasteiger partial charge in [-0.05, 0) is 56.7 Å². The number of nitrogens with two attached hydrogens (primary N) is 1. The SMILES string of the molecule is Cc1cc(C=O)c(OC(C)C)c(-c2ccc(/N=N/c3cc(S(=O)(=O)O)c4ccccc4c3N)cn2)c1.[NaH]. The number of aromatic nitrogens is 1. The molecule has 0 amide bonds. The number of pyridine rings is 1. The van der Waals surface area contributed by atoms with Gasteiger partial charge in [0.1, 0.15) is 22.0 Å². The van der Waals surface area contributed by atoms with E-state index in [2.05, 4.69) is 15.2 Å². The van der Waals surface area contributed by atoms with Gasteiger partial charge in [-0.15, -0.1) is 10.2 Å². The summed E-state index contributed by atoms with van der Waals surface area (Å²) < 4.78 is 39.4. The predicted molar refractivity (Wildman–Crippen MR) is 145 cm³/mol. The number of nitrogens with zero attached hydrogens (tertiary/aromatic N) is 3. The number of azo groups is 1. The summed E-state index contributed by atoms with van der Waals surface area (Å²) in [6.45, 7) is 5.63. The Bertz CT molecular complexity index is 1600. The number of nitrogen functional groups attached to an aromatic ring is 1. The summed E-state index contributed by atoms with van der Waals surface area (Å²) in [6.07, 6.45) is 2.10. The van der Waals surface area contributed by atoms with E-state index in [0.29, 0.717) is 33.6 Å². The molecule has 0 aliphatic carbocycles. The van der Waals surface area contributed by atoms with Gasteiger partial charge < -0.3 is 10.5 Å². The Morgan fingerprint density at radius 1 is 1.05 bits per heavy atom. The van der Waals surface area contributed by atoms with Crippen molar-refractivity contribution in [3.05, 3.63) is 71.9 Å². The molecule has 186 valence electrons. The summed E-state index contributed by atoms with van der Waals surface area (Å²) >= 11 is 0. The van der Waals surface area contributed by atoms with Crippen molar-refractivity contribution < 1.29 is 22.5 Å². The Hall–Kier alpha value is -3.15. The van der Waals surface area contributed by atoms with Crippen LogP contribution < -0.4 is 10.5 Å². The molecule has 11 heteroatoms. The molecule has 9 nitrogen and oxygen atoms in total. The van der Waals surface area contributed by atoms with E-state index in [9.17, 15) is 17.8 Å². The van der Waals surface area contributed by atoms with E-state index in [-0.39, 0.29) is 57.3 Å². The maximum absolute atomic E-state index is 11.9. The van der Waals surface area contributed by atoms with Crippen LogP contribution in [0.15, 0.2) is 75.9 Å². The van der Waals surface area contributed by atoms with Crippen LogP contribution in [0.5, 0.6) is 5.75 Å². The maximum atomic E-state index is 11.9. The fourth-order valence-electron chi connectivity index (χ4n) is 3.81. The second-order valence-corrected chi connectivity index (χ2v) is 9.84. The second kappa shape index (κ2) is 11.5. The average molecular weight is 529 g/mol. The van der Waals surface area contributed by atoms with E-state index in [0.717, 1.165) is 11.8 Å². The summed E-state index contributed by atoms with van der Waals surface area (Å²) in [5, 5.41) is 8.97. The Kier molecular flexibility index (Phi) is 8.83. The van der Waals surface area contributed by atoms with Gasteiger partial charge in [-0.3, -0.25) is 14.3 Å². The number of anilines is 1. The summed E-state index contributed by atoms with van der Waals surface area (Å²) in [5.41, 5.74) is 9.47. The van der Waals surface area contributed by atoms with E-state index in [4.69, 9.17) is 10.5 Å². The molecular formula is C26H25N4NaO5S. The van der Waals surface area contributed by atoms with Crippen LogP contribution in [0.3, 0.4) is 0 Å². The monoisotopic (exact) mass is 528 g/mol. The van der Waals surface area contributed by atoms with E-state index in [1.165, 1.54) is 12.3 Å². The molecule has 0 saturated heterocycles. The number of rotatable bonds is 7. The van der Waals surface area contributed by atoms with Crippen molar-refractivity contribution in [1.82, 2.24) is 4.98 Å². The standard InChI is InChI=1S/C26H24N4O5S.Na.H/c1-15(2)35-26-17(14-31)10-16(3)11-21(26)22-9-8-18(13-28-22)29-30-23-12-24(36(32,33)34)19-6-4-5-7-20(19)25(23)27;;/h4-15H,27H2,1-3H3,(H,32,33,34);;/b30-29+;;. The van der Waals surface area contributed by atoms with Gasteiger partial charge in [-0.1, -0.05) is 24.3 Å². The van der Waals surface area contributed by atoms with E-state index >= 15 is 0 Å². The van der Waals surface area contributed by atoms with Crippen LogP contribution in [0.2, 0.25) is 0 Å². The van der Waals surface area contributed by atoms with E-state index in [1.807, 2.05) is 26.8 Å². The van der Waals surface area contributed by atoms with Crippen LogP contribution in [0.4, 0.5) is 17.1 Å². The van der Waals surface area contributed by atoms with E-state index in [1.54, 1.807) is 42.5 Å². The van der Waals surface area contributed by atoms with Gasteiger partial charge in [-0.25, -0.2) is 0 Å². The summed E-state index contributed by atoms with van der Waals surface area (Å²) in [7, 11) is -4.52. The van der Waals surface area contributed by atoms with Crippen molar-refractivity contribution in [3.63, 3.8) is 0 Å². The number of aldehydes is 1. The molecule has 1 aromatic heterocycles. The van der Waals surface area contributed by atoms with Crippen LogP contribution >= 0.6 is 0 Å². The molecule has 3 aromatic carbocycles. The molecule has 4 aromatic rings. The quantitative estimate of drug-likeness (QED) is 0.107. The van der Waals surface area contributed by atoms with Crippen LogP contribution in [0, 0.1) is 6.92 Å². The normalized spacial score (nSPS) is 11.6. The van der Waals surface area contributed by atoms with Gasteiger partial charge in [0.15, 0.2) is 6.29 Å². The summed E-state index contributed by atoms with van der Waals surface area (Å²) in [5.74, 6) is 0.453. The fourth-order valence-corrected chi connectivity index (χ4v) is 4.53. The second-order valence-electron chi connectivity index (χ2n) is 8.45. The van der Waals surface area contributed by atoms with E-state index < -0.39 is 10.1 Å². The van der Waals surface area contributed by atoms with Gasteiger partial charge >= 0.3 is 29.6 Å². The molecule has 0 atom stereocenters. The van der Waals surface area contributed by atoms with Crippen LogP contribution in [0.25, 0.3) is 22.0 Å². The third-order valence-electron chi connectivity index (χ3n) is 5.34. The third-order valence-corrected chi connectivity index (χ3v) is 6.24. The zero-order valence-corrected chi connectivity index (χ0v) is 20.7. The van der Waals surface area contributed by atoms with Crippen LogP contribution in [-0.2, 0) is 10.1 Å². The molecule has 3 N–H and O–H groups in total. The van der Waals surface area contributed by atoms with Crippen molar-refractivity contribution in [2.75, 3.05) is 5.73 Å². The van der Waals surface area contributed by atoms with Crippen molar-refractivity contribution in [3.8, 4) is 17.0 Å². The first-order chi connectivity index (χ1) is 17.1. The summed E-state index contributed by atoms with van der Waals surface area (Å²) in [4.78, 5) is 15.8. The van der Waals surface area contributed by atoms with Crippen LogP contribution in [0.1, 0.15) is 29.8 Å². The number of carbonyl (C=O) groups excluding carboxylic acids is 1. The van der Waals surface area contributed by atoms with Crippen molar-refractivity contribution in [2.24, 2.45) is 10.2 Å². The zero-order chi connectivity index (χ0) is 26.0. The minimum atomic E-state index is -4.52. The average Bonchev–Trinajstić information content (AvgIpc) is 2.84. The molecule has 0 saturated carbocycles. The molecule has 0 aliphatic heterocycles. The Labute approximate surface area is 236 Å². The first-order valence-electron chi connectivity index (χ1n) is 11.0. The number of benzene rings is 3.